The molecule has 1 saturated carbocycles. The summed E-state index contributed by atoms with van der Waals surface area (Å²) in [5, 5.41) is 0. The zero-order valence-corrected chi connectivity index (χ0v) is 14.7. The second kappa shape index (κ2) is 5.66. The molecule has 1 aromatic heterocycles. The maximum atomic E-state index is 13.2. The summed E-state index contributed by atoms with van der Waals surface area (Å²) in [4.78, 5) is 17.9. The van der Waals surface area contributed by atoms with Crippen molar-refractivity contribution in [2.45, 2.75) is 70.5 Å². The first kappa shape index (κ1) is 15.3. The fraction of sp³-hybridized carbons (Fsp3) is 0.737. The highest BCUT2D eigenvalue weighted by atomic mass is 16.2. The summed E-state index contributed by atoms with van der Waals surface area (Å²) in [6.45, 7) is 6.39. The predicted molar refractivity (Wildman–Crippen MR) is 91.9 cm³/mol. The molecular weight excluding hydrogens is 286 g/mol. The number of carbonyl (C=O) groups excluding carboxylic acids is 1. The Kier molecular flexibility index (Phi) is 3.75. The lowest BCUT2D eigenvalue weighted by atomic mass is 10.0. The fourth-order valence-corrected chi connectivity index (χ4v) is 4.91. The molecule has 3 heterocycles. The highest BCUT2D eigenvalue weighted by Crippen LogP contribution is 2.39. The van der Waals surface area contributed by atoms with Crippen molar-refractivity contribution < 1.29 is 4.79 Å². The van der Waals surface area contributed by atoms with E-state index in [1.54, 1.807) is 0 Å². The second-order valence-corrected chi connectivity index (χ2v) is 7.78. The molecule has 4 nitrogen and oxygen atoms in total. The number of carbonyl (C=O) groups is 1. The number of aryl methyl sites for hydroxylation is 1. The van der Waals surface area contributed by atoms with Gasteiger partial charge in [0.15, 0.2) is 0 Å². The second-order valence-electron chi connectivity index (χ2n) is 7.78. The van der Waals surface area contributed by atoms with Gasteiger partial charge in [-0.05, 0) is 72.0 Å². The minimum absolute atomic E-state index is 0.271. The zero-order chi connectivity index (χ0) is 16.1. The third-order valence-electron chi connectivity index (χ3n) is 6.21. The SMILES string of the molecule is Cc1cc(C(=O)N2CCC[C@@H]2[C@H]2CCCN2C)c(C)n1C1CC1. The van der Waals surface area contributed by atoms with Crippen LogP contribution < -0.4 is 0 Å². The number of likely N-dealkylation sites (N-methyl/N-ethyl adjacent to an activating group) is 1. The number of nitrogens with zero attached hydrogens (tertiary/aromatic N) is 3. The Morgan fingerprint density at radius 1 is 1.04 bits per heavy atom. The molecule has 2 atom stereocenters. The van der Waals surface area contributed by atoms with E-state index in [4.69, 9.17) is 0 Å². The van der Waals surface area contributed by atoms with E-state index in [0.29, 0.717) is 18.1 Å². The molecule has 0 bridgehead atoms. The van der Waals surface area contributed by atoms with Crippen molar-refractivity contribution in [3.8, 4) is 0 Å². The van der Waals surface area contributed by atoms with E-state index in [1.165, 1.54) is 50.0 Å². The number of amides is 1. The minimum Gasteiger partial charge on any atom is -0.345 e. The summed E-state index contributed by atoms with van der Waals surface area (Å²) < 4.78 is 2.39. The van der Waals surface area contributed by atoms with Crippen LogP contribution in [0.4, 0.5) is 0 Å². The number of likely N-dealkylation sites (tertiary alicyclic amines) is 2. The summed E-state index contributed by atoms with van der Waals surface area (Å²) >= 11 is 0. The number of rotatable bonds is 3. The zero-order valence-electron chi connectivity index (χ0n) is 14.7. The molecule has 126 valence electrons. The van der Waals surface area contributed by atoms with Crippen LogP contribution in [-0.2, 0) is 0 Å². The molecule has 0 unspecified atom stereocenters. The van der Waals surface area contributed by atoms with Gasteiger partial charge in [-0.2, -0.15) is 0 Å². The van der Waals surface area contributed by atoms with E-state index >= 15 is 0 Å². The fourth-order valence-electron chi connectivity index (χ4n) is 4.91. The molecule has 4 rings (SSSR count). The smallest absolute Gasteiger partial charge is 0.255 e. The maximum absolute atomic E-state index is 13.2. The Labute approximate surface area is 139 Å². The summed E-state index contributed by atoms with van der Waals surface area (Å²) in [6.07, 6.45) is 7.37. The van der Waals surface area contributed by atoms with Crippen LogP contribution in [0, 0.1) is 13.8 Å². The number of aromatic nitrogens is 1. The molecule has 2 saturated heterocycles. The summed E-state index contributed by atoms with van der Waals surface area (Å²) in [7, 11) is 2.22. The lowest BCUT2D eigenvalue weighted by Gasteiger charge is -2.33. The molecule has 1 amide bonds. The average Bonchev–Trinajstić information content (AvgIpc) is 2.95. The van der Waals surface area contributed by atoms with Gasteiger partial charge in [-0.25, -0.2) is 0 Å². The van der Waals surface area contributed by atoms with Gasteiger partial charge < -0.3 is 14.4 Å². The Morgan fingerprint density at radius 2 is 1.74 bits per heavy atom. The average molecular weight is 315 g/mol. The van der Waals surface area contributed by atoms with Crippen molar-refractivity contribution in [1.29, 1.82) is 0 Å². The molecule has 3 aliphatic rings. The van der Waals surface area contributed by atoms with Gasteiger partial charge in [-0.15, -0.1) is 0 Å². The largest absolute Gasteiger partial charge is 0.345 e. The number of hydrogen-bond donors (Lipinski definition) is 0. The van der Waals surface area contributed by atoms with Crippen molar-refractivity contribution in [3.63, 3.8) is 0 Å². The highest BCUT2D eigenvalue weighted by molar-refractivity contribution is 5.96. The van der Waals surface area contributed by atoms with Gasteiger partial charge in [0, 0.05) is 36.1 Å². The molecular formula is C19H29N3O. The van der Waals surface area contributed by atoms with Gasteiger partial charge in [0.25, 0.3) is 5.91 Å². The van der Waals surface area contributed by atoms with Crippen LogP contribution in [0.5, 0.6) is 0 Å². The Morgan fingerprint density at radius 3 is 2.39 bits per heavy atom. The van der Waals surface area contributed by atoms with Crippen molar-refractivity contribution in [1.82, 2.24) is 14.4 Å². The molecule has 0 spiro atoms. The first-order valence-corrected chi connectivity index (χ1v) is 9.27. The predicted octanol–water partition coefficient (Wildman–Crippen LogP) is 3.14. The summed E-state index contributed by atoms with van der Waals surface area (Å²) in [6, 6.07) is 3.75. The molecule has 2 aliphatic heterocycles. The van der Waals surface area contributed by atoms with Crippen LogP contribution in [0.2, 0.25) is 0 Å². The quantitative estimate of drug-likeness (QED) is 0.857. The van der Waals surface area contributed by atoms with Gasteiger partial charge in [0.2, 0.25) is 0 Å². The lowest BCUT2D eigenvalue weighted by Crippen LogP contribution is -2.47. The Balaban J connectivity index is 1.59. The van der Waals surface area contributed by atoms with E-state index in [0.717, 1.165) is 18.5 Å². The molecule has 1 aromatic rings. The normalized spacial score (nSPS) is 28.7. The van der Waals surface area contributed by atoms with E-state index in [9.17, 15) is 4.79 Å². The van der Waals surface area contributed by atoms with E-state index < -0.39 is 0 Å². The molecule has 1 aliphatic carbocycles. The molecule has 0 N–H and O–H groups in total. The van der Waals surface area contributed by atoms with Crippen LogP contribution in [0.15, 0.2) is 6.07 Å². The molecule has 3 fully saturated rings. The van der Waals surface area contributed by atoms with Crippen molar-refractivity contribution >= 4 is 5.91 Å². The van der Waals surface area contributed by atoms with Crippen LogP contribution in [0.25, 0.3) is 0 Å². The van der Waals surface area contributed by atoms with Crippen LogP contribution in [-0.4, -0.2) is 52.5 Å². The first-order chi connectivity index (χ1) is 11.1. The Hall–Kier alpha value is -1.29. The lowest BCUT2D eigenvalue weighted by molar-refractivity contribution is 0.0663. The standard InChI is InChI=1S/C19H29N3O/c1-13-12-16(14(2)22(13)15-8-9-15)19(23)21-11-5-7-18(21)17-6-4-10-20(17)3/h12,15,17-18H,4-11H2,1-3H3/t17-,18-/m1/s1. The van der Waals surface area contributed by atoms with Crippen LogP contribution in [0.3, 0.4) is 0 Å². The minimum atomic E-state index is 0.271. The summed E-state index contributed by atoms with van der Waals surface area (Å²) in [5.74, 6) is 0.271. The highest BCUT2D eigenvalue weighted by Gasteiger charge is 2.39. The van der Waals surface area contributed by atoms with Gasteiger partial charge >= 0.3 is 0 Å². The molecule has 4 heteroatoms. The first-order valence-electron chi connectivity index (χ1n) is 9.27. The van der Waals surface area contributed by atoms with Gasteiger partial charge in [0.1, 0.15) is 0 Å². The van der Waals surface area contributed by atoms with Crippen LogP contribution >= 0.6 is 0 Å². The van der Waals surface area contributed by atoms with Crippen molar-refractivity contribution in [2.75, 3.05) is 20.1 Å². The number of hydrogen-bond acceptors (Lipinski definition) is 2. The monoisotopic (exact) mass is 315 g/mol. The topological polar surface area (TPSA) is 28.5 Å². The van der Waals surface area contributed by atoms with E-state index in [1.807, 2.05) is 0 Å². The van der Waals surface area contributed by atoms with Crippen molar-refractivity contribution in [3.05, 3.63) is 23.0 Å². The maximum Gasteiger partial charge on any atom is 0.255 e. The molecule has 0 radical (unpaired) electrons. The third kappa shape index (κ3) is 2.51. The van der Waals surface area contributed by atoms with E-state index in [-0.39, 0.29) is 5.91 Å². The van der Waals surface area contributed by atoms with Gasteiger partial charge in [0.05, 0.1) is 5.56 Å². The van der Waals surface area contributed by atoms with Gasteiger partial charge in [-0.3, -0.25) is 4.79 Å². The van der Waals surface area contributed by atoms with Gasteiger partial charge in [-0.1, -0.05) is 0 Å². The molecule has 23 heavy (non-hydrogen) atoms. The Bertz CT molecular complexity index is 616. The molecule has 0 aromatic carbocycles. The van der Waals surface area contributed by atoms with Crippen LogP contribution in [0.1, 0.15) is 66.3 Å². The third-order valence-corrected chi connectivity index (χ3v) is 6.21. The van der Waals surface area contributed by atoms with Crippen molar-refractivity contribution in [2.24, 2.45) is 0 Å². The van der Waals surface area contributed by atoms with E-state index in [2.05, 4.69) is 41.3 Å². The summed E-state index contributed by atoms with van der Waals surface area (Å²) in [5.41, 5.74) is 3.38.